The summed E-state index contributed by atoms with van der Waals surface area (Å²) >= 11 is 0. The van der Waals surface area contributed by atoms with Gasteiger partial charge in [0.25, 0.3) is 0 Å². The summed E-state index contributed by atoms with van der Waals surface area (Å²) in [4.78, 5) is 17.3. The molecule has 0 saturated heterocycles. The van der Waals surface area contributed by atoms with Crippen LogP contribution in [0.2, 0.25) is 0 Å². The van der Waals surface area contributed by atoms with Gasteiger partial charge in [-0.25, -0.2) is 8.42 Å². The Balaban J connectivity index is 2.68. The van der Waals surface area contributed by atoms with E-state index in [2.05, 4.69) is 10.9 Å². The van der Waals surface area contributed by atoms with Crippen molar-refractivity contribution in [2.24, 2.45) is 0 Å². The van der Waals surface area contributed by atoms with E-state index in [1.807, 2.05) is 0 Å². The number of carbonyl (C=O) groups excluding carboxylic acids is 1. The van der Waals surface area contributed by atoms with Crippen LogP contribution in [0.3, 0.4) is 0 Å². The van der Waals surface area contributed by atoms with Gasteiger partial charge in [0, 0.05) is 25.2 Å². The molecule has 7 heteroatoms. The molecule has 154 valence electrons. The number of nitrogens with zero attached hydrogens (tertiary/aromatic N) is 1. The summed E-state index contributed by atoms with van der Waals surface area (Å²) in [5.74, 6) is 1.98. The van der Waals surface area contributed by atoms with Gasteiger partial charge in [-0.2, -0.15) is 0 Å². The van der Waals surface area contributed by atoms with Gasteiger partial charge in [-0.3, -0.25) is 9.78 Å². The summed E-state index contributed by atoms with van der Waals surface area (Å²) in [5, 5.41) is 0. The van der Waals surface area contributed by atoms with Crippen LogP contribution in [-0.4, -0.2) is 36.8 Å². The van der Waals surface area contributed by atoms with Crippen molar-refractivity contribution < 1.29 is 22.7 Å². The first-order valence-corrected chi connectivity index (χ1v) is 10.5. The van der Waals surface area contributed by atoms with Gasteiger partial charge in [-0.1, -0.05) is 6.07 Å². The van der Waals surface area contributed by atoms with E-state index in [1.165, 1.54) is 37.6 Å². The van der Waals surface area contributed by atoms with Gasteiger partial charge in [-0.15, -0.1) is 12.3 Å². The van der Waals surface area contributed by atoms with Crippen LogP contribution in [0.25, 0.3) is 0 Å². The molecule has 0 amide bonds. The Morgan fingerprint density at radius 2 is 1.83 bits per heavy atom. The third-order valence-electron chi connectivity index (χ3n) is 4.26. The lowest BCUT2D eigenvalue weighted by Crippen LogP contribution is -2.51. The first-order valence-electron chi connectivity index (χ1n) is 9.00. The summed E-state index contributed by atoms with van der Waals surface area (Å²) in [6.07, 6.45) is 8.11. The number of hydrogen-bond acceptors (Lipinski definition) is 6. The number of carbonyl (C=O) groups is 1. The van der Waals surface area contributed by atoms with E-state index in [9.17, 15) is 13.2 Å². The minimum Gasteiger partial charge on any atom is -0.497 e. The maximum Gasteiger partial charge on any atom is 0.329 e. The maximum absolute atomic E-state index is 13.7. The number of sulfone groups is 1. The van der Waals surface area contributed by atoms with Crippen LogP contribution in [0, 0.1) is 12.3 Å². The Bertz CT molecular complexity index is 986. The summed E-state index contributed by atoms with van der Waals surface area (Å²) in [5.41, 5.74) is -0.327. The Morgan fingerprint density at radius 3 is 2.31 bits per heavy atom. The molecule has 0 N–H and O–H groups in total. The van der Waals surface area contributed by atoms with Crippen molar-refractivity contribution in [2.45, 2.75) is 48.9 Å². The van der Waals surface area contributed by atoms with Crippen LogP contribution in [0.15, 0.2) is 53.7 Å². The second-order valence-corrected chi connectivity index (χ2v) is 9.85. The third kappa shape index (κ3) is 4.96. The molecule has 1 heterocycles. The average molecular weight is 416 g/mol. The molecule has 0 radical (unpaired) electrons. The van der Waals surface area contributed by atoms with Crippen molar-refractivity contribution in [2.75, 3.05) is 7.11 Å². The molecule has 2 rings (SSSR count). The van der Waals surface area contributed by atoms with E-state index >= 15 is 0 Å². The molecular formula is C22H25NO5S. The second-order valence-electron chi connectivity index (χ2n) is 7.59. The van der Waals surface area contributed by atoms with Crippen molar-refractivity contribution in [1.29, 1.82) is 0 Å². The first kappa shape index (κ1) is 22.4. The van der Waals surface area contributed by atoms with Gasteiger partial charge < -0.3 is 9.47 Å². The van der Waals surface area contributed by atoms with Gasteiger partial charge in [0.1, 0.15) is 11.4 Å². The minimum absolute atomic E-state index is 0.0386. The van der Waals surface area contributed by atoms with Gasteiger partial charge in [0.2, 0.25) is 0 Å². The smallest absolute Gasteiger partial charge is 0.329 e. The molecule has 0 aliphatic heterocycles. The minimum atomic E-state index is -4.22. The number of pyridine rings is 1. The van der Waals surface area contributed by atoms with Gasteiger partial charge in [0.15, 0.2) is 14.6 Å². The summed E-state index contributed by atoms with van der Waals surface area (Å²) in [7, 11) is -2.74. The predicted octanol–water partition coefficient (Wildman–Crippen LogP) is 3.21. The second kappa shape index (κ2) is 8.66. The molecule has 0 saturated carbocycles. The van der Waals surface area contributed by atoms with Crippen LogP contribution >= 0.6 is 0 Å². The number of aromatic nitrogens is 1. The van der Waals surface area contributed by atoms with Crippen LogP contribution in [0.5, 0.6) is 5.75 Å². The zero-order valence-electron chi connectivity index (χ0n) is 17.0. The Kier molecular flexibility index (Phi) is 6.70. The monoisotopic (exact) mass is 415 g/mol. The number of ether oxygens (including phenoxy) is 2. The molecule has 6 nitrogen and oxygen atoms in total. The van der Waals surface area contributed by atoms with Crippen molar-refractivity contribution in [1.82, 2.24) is 4.98 Å². The quantitative estimate of drug-likeness (QED) is 0.510. The van der Waals surface area contributed by atoms with E-state index in [0.717, 1.165) is 0 Å². The van der Waals surface area contributed by atoms with E-state index in [1.54, 1.807) is 39.1 Å². The highest BCUT2D eigenvalue weighted by Crippen LogP contribution is 2.35. The van der Waals surface area contributed by atoms with Crippen LogP contribution < -0.4 is 4.74 Å². The molecule has 1 aromatic carbocycles. The number of esters is 1. The molecule has 0 aliphatic rings. The number of hydrogen-bond donors (Lipinski definition) is 0. The SMILES string of the molecule is C#CCC(Cc1cccnc1)(C(=O)OC(C)(C)C)S(=O)(=O)c1ccc(OC)cc1. The lowest BCUT2D eigenvalue weighted by atomic mass is 9.96. The largest absolute Gasteiger partial charge is 0.497 e. The fourth-order valence-corrected chi connectivity index (χ4v) is 4.69. The third-order valence-corrected chi connectivity index (χ3v) is 6.63. The lowest BCUT2D eigenvalue weighted by Gasteiger charge is -2.33. The fourth-order valence-electron chi connectivity index (χ4n) is 2.86. The Hall–Kier alpha value is -2.85. The molecule has 0 bridgehead atoms. The van der Waals surface area contributed by atoms with Gasteiger partial charge >= 0.3 is 5.97 Å². The van der Waals surface area contributed by atoms with Crippen molar-refractivity contribution in [3.05, 3.63) is 54.4 Å². The number of rotatable bonds is 7. The average Bonchev–Trinajstić information content (AvgIpc) is 2.67. The van der Waals surface area contributed by atoms with E-state index in [-0.39, 0.29) is 17.7 Å². The molecule has 1 unspecified atom stereocenters. The van der Waals surface area contributed by atoms with Crippen LogP contribution in [0.4, 0.5) is 0 Å². The van der Waals surface area contributed by atoms with E-state index in [4.69, 9.17) is 15.9 Å². The van der Waals surface area contributed by atoms with Crippen molar-refractivity contribution >= 4 is 15.8 Å². The molecule has 29 heavy (non-hydrogen) atoms. The lowest BCUT2D eigenvalue weighted by molar-refractivity contribution is -0.158. The van der Waals surface area contributed by atoms with Gasteiger partial charge in [-0.05, 0) is 56.7 Å². The van der Waals surface area contributed by atoms with E-state index in [0.29, 0.717) is 11.3 Å². The zero-order chi connectivity index (χ0) is 21.7. The highest BCUT2D eigenvalue weighted by molar-refractivity contribution is 7.93. The zero-order valence-corrected chi connectivity index (χ0v) is 17.8. The summed E-state index contributed by atoms with van der Waals surface area (Å²) in [6.45, 7) is 5.03. The maximum atomic E-state index is 13.7. The number of methoxy groups -OCH3 is 1. The molecule has 1 aromatic heterocycles. The van der Waals surface area contributed by atoms with E-state index < -0.39 is 26.2 Å². The molecule has 0 aliphatic carbocycles. The molecule has 0 spiro atoms. The summed E-state index contributed by atoms with van der Waals surface area (Å²) in [6, 6.07) is 9.21. The van der Waals surface area contributed by atoms with Crippen LogP contribution in [-0.2, 0) is 25.8 Å². The normalized spacial score (nSPS) is 13.8. The Morgan fingerprint density at radius 1 is 1.17 bits per heavy atom. The molecular weight excluding hydrogens is 390 g/mol. The molecule has 0 fully saturated rings. The van der Waals surface area contributed by atoms with Crippen molar-refractivity contribution in [3.63, 3.8) is 0 Å². The summed E-state index contributed by atoms with van der Waals surface area (Å²) < 4.78 is 36.1. The van der Waals surface area contributed by atoms with Crippen molar-refractivity contribution in [3.8, 4) is 18.1 Å². The number of terminal acetylenes is 1. The van der Waals surface area contributed by atoms with Gasteiger partial charge in [0.05, 0.1) is 12.0 Å². The standard InChI is InChI=1S/C22H25NO5S/c1-6-13-22(20(24)28-21(2,3)4,15-17-8-7-14-23-16-17)29(25,26)19-11-9-18(27-5)10-12-19/h1,7-12,14,16H,13,15H2,2-5H3. The highest BCUT2D eigenvalue weighted by Gasteiger charge is 2.53. The highest BCUT2D eigenvalue weighted by atomic mass is 32.2. The first-order chi connectivity index (χ1) is 13.6. The Labute approximate surface area is 172 Å². The fraction of sp³-hybridized carbons (Fsp3) is 0.364. The molecule has 1 atom stereocenters. The number of benzene rings is 1. The topological polar surface area (TPSA) is 82.6 Å². The molecule has 2 aromatic rings. The van der Waals surface area contributed by atoms with Crippen LogP contribution in [0.1, 0.15) is 32.8 Å². The predicted molar refractivity (Wildman–Crippen MR) is 110 cm³/mol.